The molecular weight excluding hydrogens is 258 g/mol. The number of phenols is 1. The van der Waals surface area contributed by atoms with Crippen molar-refractivity contribution < 1.29 is 14.8 Å². The zero-order valence-corrected chi connectivity index (χ0v) is 10.8. The van der Waals surface area contributed by atoms with E-state index in [1.165, 1.54) is 19.2 Å². The third kappa shape index (κ3) is 3.14. The molecule has 0 fully saturated rings. The predicted octanol–water partition coefficient (Wildman–Crippen LogP) is 3.48. The second-order valence-corrected chi connectivity index (χ2v) is 4.11. The minimum absolute atomic E-state index is 0.0634. The number of rotatable bonds is 4. The number of benzene rings is 2. The molecule has 0 aromatic heterocycles. The van der Waals surface area contributed by atoms with E-state index in [2.05, 4.69) is 0 Å². The molecule has 0 saturated carbocycles. The topological polar surface area (TPSA) is 72.6 Å². The fourth-order valence-electron chi connectivity index (χ4n) is 1.70. The van der Waals surface area contributed by atoms with Gasteiger partial charge < -0.3 is 9.84 Å². The van der Waals surface area contributed by atoms with Crippen molar-refractivity contribution in [2.75, 3.05) is 7.11 Å². The number of methoxy groups -OCH3 is 1. The van der Waals surface area contributed by atoms with Crippen LogP contribution in [0.15, 0.2) is 42.5 Å². The van der Waals surface area contributed by atoms with Crippen LogP contribution in [0.4, 0.5) is 5.69 Å². The molecule has 20 heavy (non-hydrogen) atoms. The molecule has 0 amide bonds. The Balaban J connectivity index is 2.18. The van der Waals surface area contributed by atoms with Gasteiger partial charge in [0.2, 0.25) is 0 Å². The fraction of sp³-hybridized carbons (Fsp3) is 0.0667. The van der Waals surface area contributed by atoms with Gasteiger partial charge in [-0.2, -0.15) is 0 Å². The predicted molar refractivity (Wildman–Crippen MR) is 76.7 cm³/mol. The minimum Gasteiger partial charge on any atom is -0.504 e. The Hall–Kier alpha value is -2.82. The summed E-state index contributed by atoms with van der Waals surface area (Å²) in [7, 11) is 1.48. The quantitative estimate of drug-likeness (QED) is 0.525. The van der Waals surface area contributed by atoms with Gasteiger partial charge in [-0.1, -0.05) is 18.2 Å². The van der Waals surface area contributed by atoms with Gasteiger partial charge >= 0.3 is 0 Å². The summed E-state index contributed by atoms with van der Waals surface area (Å²) in [6.07, 6.45) is 3.67. The summed E-state index contributed by atoms with van der Waals surface area (Å²) in [5.41, 5.74) is 1.77. The number of nitro groups is 1. The molecule has 5 nitrogen and oxygen atoms in total. The Kier molecular flexibility index (Phi) is 4.00. The highest BCUT2D eigenvalue weighted by Crippen LogP contribution is 2.27. The smallest absolute Gasteiger partial charge is 0.269 e. The Bertz CT molecular complexity index is 647. The van der Waals surface area contributed by atoms with Gasteiger partial charge in [-0.3, -0.25) is 10.1 Å². The lowest BCUT2D eigenvalue weighted by Gasteiger charge is -2.03. The lowest BCUT2D eigenvalue weighted by molar-refractivity contribution is -0.384. The van der Waals surface area contributed by atoms with E-state index in [0.717, 1.165) is 11.1 Å². The van der Waals surface area contributed by atoms with Gasteiger partial charge in [-0.05, 0) is 35.4 Å². The zero-order chi connectivity index (χ0) is 14.5. The maximum atomic E-state index is 10.5. The summed E-state index contributed by atoms with van der Waals surface area (Å²) in [5, 5.41) is 20.0. The first-order chi connectivity index (χ1) is 9.60. The van der Waals surface area contributed by atoms with Gasteiger partial charge in [0.05, 0.1) is 12.0 Å². The van der Waals surface area contributed by atoms with Crippen LogP contribution in [-0.2, 0) is 0 Å². The van der Waals surface area contributed by atoms with Crippen LogP contribution in [0.2, 0.25) is 0 Å². The number of nitro benzene ring substituents is 1. The Labute approximate surface area is 115 Å². The Morgan fingerprint density at radius 3 is 2.30 bits per heavy atom. The normalized spacial score (nSPS) is 10.7. The Morgan fingerprint density at radius 1 is 1.10 bits per heavy atom. The number of nitrogens with zero attached hydrogens (tertiary/aromatic N) is 1. The molecule has 0 aliphatic carbocycles. The van der Waals surface area contributed by atoms with E-state index in [-0.39, 0.29) is 11.4 Å². The molecule has 0 bridgehead atoms. The first-order valence-electron chi connectivity index (χ1n) is 5.89. The third-order valence-corrected chi connectivity index (χ3v) is 2.78. The van der Waals surface area contributed by atoms with Crippen molar-refractivity contribution in [2.24, 2.45) is 0 Å². The lowest BCUT2D eigenvalue weighted by Crippen LogP contribution is -1.86. The van der Waals surface area contributed by atoms with Crippen LogP contribution < -0.4 is 4.74 Å². The van der Waals surface area contributed by atoms with Crippen molar-refractivity contribution in [2.45, 2.75) is 0 Å². The molecule has 2 aromatic carbocycles. The third-order valence-electron chi connectivity index (χ3n) is 2.78. The zero-order valence-electron chi connectivity index (χ0n) is 10.8. The Morgan fingerprint density at radius 2 is 1.70 bits per heavy atom. The second kappa shape index (κ2) is 5.88. The highest BCUT2D eigenvalue weighted by Gasteiger charge is 2.03. The minimum atomic E-state index is -0.432. The summed E-state index contributed by atoms with van der Waals surface area (Å²) in [4.78, 5) is 10.1. The summed E-state index contributed by atoms with van der Waals surface area (Å²) in [6.45, 7) is 0. The van der Waals surface area contributed by atoms with E-state index in [1.54, 1.807) is 30.3 Å². The van der Waals surface area contributed by atoms with Crippen LogP contribution >= 0.6 is 0 Å². The van der Waals surface area contributed by atoms with E-state index >= 15 is 0 Å². The van der Waals surface area contributed by atoms with Crippen molar-refractivity contribution in [3.05, 3.63) is 63.7 Å². The molecule has 1 N–H and O–H groups in total. The fourth-order valence-corrected chi connectivity index (χ4v) is 1.70. The molecule has 5 heteroatoms. The number of non-ortho nitro benzene ring substituents is 1. The van der Waals surface area contributed by atoms with Crippen molar-refractivity contribution >= 4 is 17.8 Å². The van der Waals surface area contributed by atoms with Crippen molar-refractivity contribution in [1.82, 2.24) is 0 Å². The van der Waals surface area contributed by atoms with Gasteiger partial charge in [0.1, 0.15) is 0 Å². The highest BCUT2D eigenvalue weighted by molar-refractivity contribution is 5.71. The number of hydrogen-bond acceptors (Lipinski definition) is 4. The van der Waals surface area contributed by atoms with E-state index in [1.807, 2.05) is 12.2 Å². The largest absolute Gasteiger partial charge is 0.504 e. The van der Waals surface area contributed by atoms with Crippen LogP contribution in [-0.4, -0.2) is 17.1 Å². The first kappa shape index (κ1) is 13.6. The molecule has 0 saturated heterocycles. The van der Waals surface area contributed by atoms with E-state index in [0.29, 0.717) is 5.75 Å². The van der Waals surface area contributed by atoms with E-state index < -0.39 is 4.92 Å². The molecule has 0 unspecified atom stereocenters. The molecule has 0 aliphatic heterocycles. The van der Waals surface area contributed by atoms with Crippen LogP contribution in [0.3, 0.4) is 0 Å². The first-order valence-corrected chi connectivity index (χ1v) is 5.89. The molecule has 2 rings (SSSR count). The SMILES string of the molecule is COc1cc(/C=C/c2ccc([N+](=O)[O-])cc2)ccc1O. The highest BCUT2D eigenvalue weighted by atomic mass is 16.6. The van der Waals surface area contributed by atoms with Gasteiger partial charge in [0.15, 0.2) is 11.5 Å². The maximum absolute atomic E-state index is 10.5. The van der Waals surface area contributed by atoms with Crippen LogP contribution in [0.1, 0.15) is 11.1 Å². The van der Waals surface area contributed by atoms with E-state index in [9.17, 15) is 15.2 Å². The standard InChI is InChI=1S/C15H13NO4/c1-20-15-10-12(6-9-14(15)17)3-2-11-4-7-13(8-5-11)16(18)19/h2-10,17H,1H3/b3-2+. The van der Waals surface area contributed by atoms with E-state index in [4.69, 9.17) is 4.74 Å². The molecule has 0 spiro atoms. The molecular formula is C15H13NO4. The molecule has 0 aliphatic rings. The lowest BCUT2D eigenvalue weighted by atomic mass is 10.1. The van der Waals surface area contributed by atoms with Gasteiger partial charge in [-0.25, -0.2) is 0 Å². The summed E-state index contributed by atoms with van der Waals surface area (Å²) < 4.78 is 5.02. The van der Waals surface area contributed by atoms with Crippen LogP contribution in [0.25, 0.3) is 12.2 Å². The van der Waals surface area contributed by atoms with Crippen LogP contribution in [0, 0.1) is 10.1 Å². The average Bonchev–Trinajstić information content (AvgIpc) is 2.46. The summed E-state index contributed by atoms with van der Waals surface area (Å²) >= 11 is 0. The van der Waals surface area contributed by atoms with Crippen molar-refractivity contribution in [3.8, 4) is 11.5 Å². The van der Waals surface area contributed by atoms with Crippen molar-refractivity contribution in [3.63, 3.8) is 0 Å². The number of ether oxygens (including phenoxy) is 1. The molecule has 102 valence electrons. The monoisotopic (exact) mass is 271 g/mol. The number of hydrogen-bond donors (Lipinski definition) is 1. The van der Waals surface area contributed by atoms with Gasteiger partial charge in [-0.15, -0.1) is 0 Å². The second-order valence-electron chi connectivity index (χ2n) is 4.11. The molecule has 0 radical (unpaired) electrons. The summed E-state index contributed by atoms with van der Waals surface area (Å²) in [5.74, 6) is 0.482. The summed E-state index contributed by atoms with van der Waals surface area (Å²) in [6, 6.07) is 11.3. The average molecular weight is 271 g/mol. The number of phenolic OH excluding ortho intramolecular Hbond substituents is 1. The number of aromatic hydroxyl groups is 1. The van der Waals surface area contributed by atoms with Gasteiger partial charge in [0, 0.05) is 12.1 Å². The molecule has 0 heterocycles. The maximum Gasteiger partial charge on any atom is 0.269 e. The van der Waals surface area contributed by atoms with Crippen molar-refractivity contribution in [1.29, 1.82) is 0 Å². The van der Waals surface area contributed by atoms with Crippen LogP contribution in [0.5, 0.6) is 11.5 Å². The molecule has 0 atom stereocenters. The van der Waals surface area contributed by atoms with Gasteiger partial charge in [0.25, 0.3) is 5.69 Å². The molecule has 2 aromatic rings.